The number of alkyl carbamates (subject to hydrolysis) is 1. The van der Waals surface area contributed by atoms with Crippen molar-refractivity contribution in [1.82, 2.24) is 25.7 Å². The number of nitrogens with zero attached hydrogens (tertiary/aromatic N) is 1. The number of likely N-dealkylation sites (tertiary alicyclic amines) is 1. The first kappa shape index (κ1) is 35.2. The molecule has 4 N–H and O–H groups in total. The molecule has 15 heteroatoms. The van der Waals surface area contributed by atoms with E-state index in [9.17, 15) is 27.6 Å². The largest absolute Gasteiger partial charge is 0.446 e. The van der Waals surface area contributed by atoms with E-state index in [2.05, 4.69) is 27.4 Å². The molecular weight excluding hydrogens is 674 g/mol. The first-order valence-electron chi connectivity index (χ1n) is 16.8. The topological polar surface area (TPSA) is 172 Å². The van der Waals surface area contributed by atoms with Crippen LogP contribution in [0.2, 0.25) is 5.02 Å². The quantitative estimate of drug-likeness (QED) is 0.265. The van der Waals surface area contributed by atoms with E-state index in [1.54, 1.807) is 45.0 Å². The number of carbonyl (C=O) groups is 4. The summed E-state index contributed by atoms with van der Waals surface area (Å²) in [6.45, 7) is 9.11. The second kappa shape index (κ2) is 12.9. The van der Waals surface area contributed by atoms with Gasteiger partial charge in [0.15, 0.2) is 0 Å². The minimum Gasteiger partial charge on any atom is -0.446 e. The predicted octanol–water partition coefficient (Wildman–Crippen LogP) is 3.31. The van der Waals surface area contributed by atoms with Crippen LogP contribution >= 0.6 is 11.6 Å². The van der Waals surface area contributed by atoms with Gasteiger partial charge in [-0.3, -0.25) is 29.4 Å². The van der Waals surface area contributed by atoms with E-state index in [0.717, 1.165) is 31.2 Å². The third-order valence-corrected chi connectivity index (χ3v) is 12.1. The lowest BCUT2D eigenvalue weighted by Gasteiger charge is -2.35. The summed E-state index contributed by atoms with van der Waals surface area (Å²) >= 11 is 6.23. The molecule has 266 valence electrons. The number of nitrogens with one attached hydrogen (secondary N) is 4. The van der Waals surface area contributed by atoms with Crippen molar-refractivity contribution >= 4 is 51.1 Å². The zero-order chi connectivity index (χ0) is 35.4. The summed E-state index contributed by atoms with van der Waals surface area (Å²) < 4.78 is 33.1. The number of benzene rings is 1. The van der Waals surface area contributed by atoms with Gasteiger partial charge in [0.1, 0.15) is 29.3 Å². The zero-order valence-electron chi connectivity index (χ0n) is 27.9. The molecule has 0 bridgehead atoms. The molecular formula is C34H44ClN5O8S. The maximum absolute atomic E-state index is 14.5. The molecule has 0 aromatic heterocycles. The monoisotopic (exact) mass is 717 g/mol. The van der Waals surface area contributed by atoms with Crippen molar-refractivity contribution in [2.75, 3.05) is 6.54 Å². The fourth-order valence-corrected chi connectivity index (χ4v) is 8.52. The number of halogens is 1. The third kappa shape index (κ3) is 7.32. The minimum absolute atomic E-state index is 0.00184. The highest BCUT2D eigenvalue weighted by Crippen LogP contribution is 2.46. The summed E-state index contributed by atoms with van der Waals surface area (Å²) in [5.74, 6) is -2.55. The molecule has 1 spiro atoms. The number of ether oxygens (including phenoxy) is 1. The van der Waals surface area contributed by atoms with E-state index in [-0.39, 0.29) is 25.5 Å². The van der Waals surface area contributed by atoms with Gasteiger partial charge in [-0.15, -0.1) is 6.58 Å². The number of sulfonamides is 1. The summed E-state index contributed by atoms with van der Waals surface area (Å²) in [5.41, 5.74) is 0.753. The van der Waals surface area contributed by atoms with Crippen LogP contribution in [0.1, 0.15) is 77.7 Å². The summed E-state index contributed by atoms with van der Waals surface area (Å²) in [6.07, 6.45) is 6.88. The van der Waals surface area contributed by atoms with Gasteiger partial charge >= 0.3 is 6.09 Å². The number of hydrogen-bond acceptors (Lipinski definition) is 9. The zero-order valence-corrected chi connectivity index (χ0v) is 29.5. The fraction of sp³-hybridized carbons (Fsp3) is 0.588. The SMILES string of the molecule is C=C[C@@H]1C[C@]1(NC(=O)[C@@H]1C[C@]2(C=C(c3cccc(Cl)c3)NO2)CN1C(=O)[C@@H](NC(=O)OC1CCCC1)C(C)(C)C)C(=O)NS(=O)(=O)C1CC1. The Kier molecular flexibility index (Phi) is 9.29. The number of amides is 4. The molecule has 2 heterocycles. The van der Waals surface area contributed by atoms with Crippen LogP contribution in [0.3, 0.4) is 0 Å². The Hall–Kier alpha value is -3.62. The fourth-order valence-electron chi connectivity index (χ4n) is 6.96. The molecule has 1 saturated heterocycles. The van der Waals surface area contributed by atoms with Gasteiger partial charge in [-0.1, -0.05) is 50.6 Å². The molecule has 6 rings (SSSR count). The smallest absolute Gasteiger partial charge is 0.408 e. The van der Waals surface area contributed by atoms with Crippen molar-refractivity contribution in [3.63, 3.8) is 0 Å². The van der Waals surface area contributed by atoms with Gasteiger partial charge in [-0.25, -0.2) is 13.2 Å². The second-order valence-electron chi connectivity index (χ2n) is 15.0. The molecule has 0 radical (unpaired) electrons. The van der Waals surface area contributed by atoms with E-state index in [0.29, 0.717) is 23.6 Å². The molecule has 1 aromatic rings. The van der Waals surface area contributed by atoms with Gasteiger partial charge in [0.25, 0.3) is 5.91 Å². The molecule has 5 aliphatic rings. The number of hydroxylamine groups is 1. The number of carbonyl (C=O) groups excluding carboxylic acids is 4. The van der Waals surface area contributed by atoms with Crippen LogP contribution in [-0.4, -0.2) is 78.3 Å². The first-order valence-corrected chi connectivity index (χ1v) is 18.7. The van der Waals surface area contributed by atoms with Crippen molar-refractivity contribution in [3.05, 3.63) is 53.6 Å². The lowest BCUT2D eigenvalue weighted by atomic mass is 9.85. The summed E-state index contributed by atoms with van der Waals surface area (Å²) in [4.78, 5) is 62.7. The van der Waals surface area contributed by atoms with Crippen molar-refractivity contribution in [3.8, 4) is 0 Å². The van der Waals surface area contributed by atoms with E-state index >= 15 is 0 Å². The highest BCUT2D eigenvalue weighted by Gasteiger charge is 2.63. The minimum atomic E-state index is -3.89. The van der Waals surface area contributed by atoms with E-state index in [4.69, 9.17) is 21.2 Å². The van der Waals surface area contributed by atoms with Crippen LogP contribution < -0.4 is 20.8 Å². The van der Waals surface area contributed by atoms with Crippen molar-refractivity contribution in [2.45, 2.75) is 107 Å². The molecule has 4 amide bonds. The van der Waals surface area contributed by atoms with Crippen LogP contribution in [0.25, 0.3) is 5.70 Å². The van der Waals surface area contributed by atoms with Gasteiger partial charge in [-0.2, -0.15) is 0 Å². The summed E-state index contributed by atoms with van der Waals surface area (Å²) in [5, 5.41) is 5.43. The number of rotatable bonds is 10. The Morgan fingerprint density at radius 1 is 1.14 bits per heavy atom. The Labute approximate surface area is 291 Å². The van der Waals surface area contributed by atoms with Crippen molar-refractivity contribution in [1.29, 1.82) is 0 Å². The molecule has 0 unspecified atom stereocenters. The molecule has 3 saturated carbocycles. The average Bonchev–Trinajstić information content (AvgIpc) is 3.86. The van der Waals surface area contributed by atoms with Gasteiger partial charge in [0, 0.05) is 22.9 Å². The van der Waals surface area contributed by atoms with E-state index < -0.39 is 73.6 Å². The van der Waals surface area contributed by atoms with Crippen molar-refractivity contribution in [2.24, 2.45) is 11.3 Å². The normalized spacial score (nSPS) is 28.7. The van der Waals surface area contributed by atoms with Crippen LogP contribution in [0, 0.1) is 11.3 Å². The Morgan fingerprint density at radius 2 is 1.86 bits per heavy atom. The van der Waals surface area contributed by atoms with Gasteiger partial charge in [0.05, 0.1) is 17.5 Å². The standard InChI is InChI=1S/C34H44ClN5O8S/c1-5-21-16-34(21,30(43)39-49(45,46)24-13-14-24)37-28(41)26-18-33(17-25(38-48-33)20-9-8-10-22(35)15-20)19-40(26)29(42)27(32(2,3)4)36-31(44)47-23-11-6-7-12-23/h5,8-10,15,17,21,23-24,26-27,38H,1,6-7,11-14,16,18-19H2,2-4H3,(H,36,44)(H,37,41)(H,39,43)/t21-,26+,27-,33-,34-/m1/s1. The van der Waals surface area contributed by atoms with Crippen LogP contribution in [0.5, 0.6) is 0 Å². The predicted molar refractivity (Wildman–Crippen MR) is 181 cm³/mol. The summed E-state index contributed by atoms with van der Waals surface area (Å²) in [7, 11) is -3.89. The molecule has 3 aliphatic carbocycles. The molecule has 5 atom stereocenters. The average molecular weight is 718 g/mol. The van der Waals surface area contributed by atoms with Crippen molar-refractivity contribution < 1.29 is 37.2 Å². The van der Waals surface area contributed by atoms with Gasteiger partial charge < -0.3 is 20.3 Å². The van der Waals surface area contributed by atoms with E-state index in [1.807, 2.05) is 6.07 Å². The summed E-state index contributed by atoms with van der Waals surface area (Å²) in [6, 6.07) is 4.88. The van der Waals surface area contributed by atoms with Crippen LogP contribution in [-0.2, 0) is 34.0 Å². The molecule has 4 fully saturated rings. The lowest BCUT2D eigenvalue weighted by molar-refractivity contribution is -0.143. The van der Waals surface area contributed by atoms with E-state index in [1.165, 1.54) is 11.0 Å². The molecule has 1 aromatic carbocycles. The Bertz CT molecular complexity index is 1680. The third-order valence-electron chi connectivity index (χ3n) is 10.0. The Balaban J connectivity index is 1.29. The maximum atomic E-state index is 14.5. The maximum Gasteiger partial charge on any atom is 0.408 e. The van der Waals surface area contributed by atoms with Gasteiger partial charge in [-0.05, 0) is 68.6 Å². The molecule has 49 heavy (non-hydrogen) atoms. The molecule has 13 nitrogen and oxygen atoms in total. The number of hydrogen-bond donors (Lipinski definition) is 4. The highest BCUT2D eigenvalue weighted by atomic mass is 35.5. The van der Waals surface area contributed by atoms with Crippen LogP contribution in [0.15, 0.2) is 43.0 Å². The molecule has 2 aliphatic heterocycles. The first-order chi connectivity index (χ1) is 23.1. The second-order valence-corrected chi connectivity index (χ2v) is 17.4. The van der Waals surface area contributed by atoms with Crippen LogP contribution in [0.4, 0.5) is 4.79 Å². The highest BCUT2D eigenvalue weighted by molar-refractivity contribution is 7.91. The lowest BCUT2D eigenvalue weighted by Crippen LogP contribution is -2.60. The Morgan fingerprint density at radius 3 is 2.47 bits per heavy atom. The van der Waals surface area contributed by atoms with Gasteiger partial charge in [0.2, 0.25) is 21.8 Å².